The molecular weight excluding hydrogens is 214 g/mol. The van der Waals surface area contributed by atoms with E-state index in [-0.39, 0.29) is 17.4 Å². The molecular formula is C14H19NO2. The maximum Gasteiger partial charge on any atom is 0.308 e. The van der Waals surface area contributed by atoms with E-state index >= 15 is 0 Å². The Balaban J connectivity index is 2.18. The Morgan fingerprint density at radius 1 is 1.47 bits per heavy atom. The van der Waals surface area contributed by atoms with Gasteiger partial charge in [-0.15, -0.1) is 0 Å². The topological polar surface area (TPSA) is 52.3 Å². The highest BCUT2D eigenvalue weighted by atomic mass is 16.5. The van der Waals surface area contributed by atoms with Crippen LogP contribution in [0.15, 0.2) is 24.3 Å². The van der Waals surface area contributed by atoms with Gasteiger partial charge < -0.3 is 10.5 Å². The highest BCUT2D eigenvalue weighted by Gasteiger charge is 2.41. The van der Waals surface area contributed by atoms with E-state index in [9.17, 15) is 4.79 Å². The number of carbonyl (C=O) groups is 1. The minimum absolute atomic E-state index is 0.122. The van der Waals surface area contributed by atoms with Crippen LogP contribution < -0.4 is 5.73 Å². The maximum absolute atomic E-state index is 11.4. The van der Waals surface area contributed by atoms with E-state index in [0.29, 0.717) is 6.42 Å². The molecule has 0 saturated heterocycles. The van der Waals surface area contributed by atoms with Gasteiger partial charge in [-0.25, -0.2) is 0 Å². The van der Waals surface area contributed by atoms with Gasteiger partial charge in [-0.2, -0.15) is 0 Å². The van der Waals surface area contributed by atoms with Crippen LogP contribution >= 0.6 is 0 Å². The SMILES string of the molecule is COC(=O)C(C)Cc1ccccc1C1(N)CC1. The number of rotatable bonds is 4. The summed E-state index contributed by atoms with van der Waals surface area (Å²) < 4.78 is 4.76. The summed E-state index contributed by atoms with van der Waals surface area (Å²) in [7, 11) is 1.43. The molecule has 2 N–H and O–H groups in total. The predicted octanol–water partition coefficient (Wildman–Crippen LogP) is 1.99. The summed E-state index contributed by atoms with van der Waals surface area (Å²) in [6, 6.07) is 8.14. The Morgan fingerprint density at radius 2 is 2.12 bits per heavy atom. The fourth-order valence-corrected chi connectivity index (χ4v) is 2.20. The van der Waals surface area contributed by atoms with Gasteiger partial charge in [-0.05, 0) is 30.4 Å². The summed E-state index contributed by atoms with van der Waals surface area (Å²) in [6.45, 7) is 1.89. The Hall–Kier alpha value is -1.35. The lowest BCUT2D eigenvalue weighted by atomic mass is 9.92. The van der Waals surface area contributed by atoms with Crippen LogP contribution in [0.5, 0.6) is 0 Å². The first-order valence-electron chi connectivity index (χ1n) is 6.02. The van der Waals surface area contributed by atoms with Crippen LogP contribution in [0, 0.1) is 5.92 Å². The molecule has 17 heavy (non-hydrogen) atoms. The summed E-state index contributed by atoms with van der Waals surface area (Å²) in [4.78, 5) is 11.4. The van der Waals surface area contributed by atoms with Crippen LogP contribution in [0.3, 0.4) is 0 Å². The van der Waals surface area contributed by atoms with Crippen molar-refractivity contribution in [2.24, 2.45) is 11.7 Å². The number of carbonyl (C=O) groups excluding carboxylic acids is 1. The molecule has 1 aliphatic rings. The molecule has 0 radical (unpaired) electrons. The highest BCUT2D eigenvalue weighted by Crippen LogP contribution is 2.44. The molecule has 1 aliphatic carbocycles. The van der Waals surface area contributed by atoms with Crippen molar-refractivity contribution in [2.45, 2.75) is 31.7 Å². The fourth-order valence-electron chi connectivity index (χ4n) is 2.20. The van der Waals surface area contributed by atoms with E-state index in [1.807, 2.05) is 19.1 Å². The minimum atomic E-state index is -0.165. The molecule has 1 aromatic carbocycles. The molecule has 3 nitrogen and oxygen atoms in total. The molecule has 1 saturated carbocycles. The second-order valence-corrected chi connectivity index (χ2v) is 4.94. The third-order valence-corrected chi connectivity index (χ3v) is 3.47. The largest absolute Gasteiger partial charge is 0.469 e. The van der Waals surface area contributed by atoms with Crippen molar-refractivity contribution < 1.29 is 9.53 Å². The summed E-state index contributed by atoms with van der Waals surface area (Å²) in [5, 5.41) is 0. The van der Waals surface area contributed by atoms with Crippen molar-refractivity contribution >= 4 is 5.97 Å². The smallest absolute Gasteiger partial charge is 0.308 e. The van der Waals surface area contributed by atoms with E-state index in [1.165, 1.54) is 18.2 Å². The normalized spacial score (nSPS) is 18.5. The van der Waals surface area contributed by atoms with E-state index in [2.05, 4.69) is 12.1 Å². The number of hydrogen-bond donors (Lipinski definition) is 1. The van der Waals surface area contributed by atoms with Gasteiger partial charge in [0.25, 0.3) is 0 Å². The Bertz CT molecular complexity index is 424. The van der Waals surface area contributed by atoms with Crippen molar-refractivity contribution in [1.82, 2.24) is 0 Å². The van der Waals surface area contributed by atoms with Crippen molar-refractivity contribution in [3.63, 3.8) is 0 Å². The summed E-state index contributed by atoms with van der Waals surface area (Å²) in [6.07, 6.45) is 2.77. The standard InChI is InChI=1S/C14H19NO2/c1-10(13(16)17-2)9-11-5-3-4-6-12(11)14(15)7-8-14/h3-6,10H,7-9,15H2,1-2H3. The molecule has 0 bridgehead atoms. The minimum Gasteiger partial charge on any atom is -0.469 e. The van der Waals surface area contributed by atoms with Crippen LogP contribution in [0.1, 0.15) is 30.9 Å². The van der Waals surface area contributed by atoms with Gasteiger partial charge in [0.05, 0.1) is 13.0 Å². The lowest BCUT2D eigenvalue weighted by Crippen LogP contribution is -2.23. The first-order chi connectivity index (χ1) is 8.07. The first-order valence-corrected chi connectivity index (χ1v) is 6.02. The summed E-state index contributed by atoms with van der Waals surface area (Å²) >= 11 is 0. The Morgan fingerprint density at radius 3 is 2.71 bits per heavy atom. The van der Waals surface area contributed by atoms with Crippen LogP contribution in [-0.4, -0.2) is 13.1 Å². The van der Waals surface area contributed by atoms with E-state index < -0.39 is 0 Å². The van der Waals surface area contributed by atoms with Gasteiger partial charge in [0, 0.05) is 5.54 Å². The third kappa shape index (κ3) is 2.50. The maximum atomic E-state index is 11.4. The van der Waals surface area contributed by atoms with Gasteiger partial charge in [-0.3, -0.25) is 4.79 Å². The monoisotopic (exact) mass is 233 g/mol. The molecule has 0 amide bonds. The van der Waals surface area contributed by atoms with Crippen LogP contribution in [-0.2, 0) is 21.5 Å². The zero-order valence-corrected chi connectivity index (χ0v) is 10.4. The van der Waals surface area contributed by atoms with Crippen molar-refractivity contribution in [3.8, 4) is 0 Å². The molecule has 3 heteroatoms. The van der Waals surface area contributed by atoms with E-state index in [0.717, 1.165) is 12.8 Å². The van der Waals surface area contributed by atoms with Crippen LogP contribution in [0.4, 0.5) is 0 Å². The third-order valence-electron chi connectivity index (χ3n) is 3.47. The van der Waals surface area contributed by atoms with Gasteiger partial charge in [0.15, 0.2) is 0 Å². The van der Waals surface area contributed by atoms with Crippen molar-refractivity contribution in [2.75, 3.05) is 7.11 Å². The summed E-state index contributed by atoms with van der Waals surface area (Å²) in [5.74, 6) is -0.287. The quantitative estimate of drug-likeness (QED) is 0.809. The molecule has 1 atom stereocenters. The number of ether oxygens (including phenoxy) is 1. The van der Waals surface area contributed by atoms with E-state index in [4.69, 9.17) is 10.5 Å². The van der Waals surface area contributed by atoms with Crippen molar-refractivity contribution in [3.05, 3.63) is 35.4 Å². The Labute approximate surface area is 102 Å². The molecule has 0 heterocycles. The van der Waals surface area contributed by atoms with Crippen molar-refractivity contribution in [1.29, 1.82) is 0 Å². The summed E-state index contributed by atoms with van der Waals surface area (Å²) in [5.41, 5.74) is 8.45. The van der Waals surface area contributed by atoms with Crippen LogP contribution in [0.2, 0.25) is 0 Å². The lowest BCUT2D eigenvalue weighted by Gasteiger charge is -2.17. The van der Waals surface area contributed by atoms with E-state index in [1.54, 1.807) is 0 Å². The molecule has 2 rings (SSSR count). The van der Waals surface area contributed by atoms with Gasteiger partial charge in [0.1, 0.15) is 0 Å². The highest BCUT2D eigenvalue weighted by molar-refractivity contribution is 5.72. The van der Waals surface area contributed by atoms with Gasteiger partial charge in [0.2, 0.25) is 0 Å². The molecule has 0 aromatic heterocycles. The zero-order chi connectivity index (χ0) is 12.5. The second-order valence-electron chi connectivity index (χ2n) is 4.94. The molecule has 1 aromatic rings. The molecule has 92 valence electrons. The number of esters is 1. The fraction of sp³-hybridized carbons (Fsp3) is 0.500. The zero-order valence-electron chi connectivity index (χ0n) is 10.4. The molecule has 0 aliphatic heterocycles. The average Bonchev–Trinajstić information content (AvgIpc) is 3.08. The Kier molecular flexibility index (Phi) is 3.20. The van der Waals surface area contributed by atoms with Gasteiger partial charge in [-0.1, -0.05) is 31.2 Å². The molecule has 0 spiro atoms. The first kappa shape index (κ1) is 12.1. The lowest BCUT2D eigenvalue weighted by molar-refractivity contribution is -0.144. The predicted molar refractivity (Wildman–Crippen MR) is 66.4 cm³/mol. The average molecular weight is 233 g/mol. The van der Waals surface area contributed by atoms with Gasteiger partial charge >= 0.3 is 5.97 Å². The number of nitrogens with two attached hydrogens (primary N) is 1. The molecule has 1 unspecified atom stereocenters. The number of methoxy groups -OCH3 is 1. The number of benzene rings is 1. The second kappa shape index (κ2) is 4.49. The van der Waals surface area contributed by atoms with Crippen LogP contribution in [0.25, 0.3) is 0 Å². The molecule has 1 fully saturated rings. The number of hydrogen-bond acceptors (Lipinski definition) is 3.